The van der Waals surface area contributed by atoms with Gasteiger partial charge < -0.3 is 28.9 Å². The number of nitrogens with one attached hydrogen (secondary N) is 4. The average molecular weight is 733 g/mol. The molecule has 0 spiro atoms. The van der Waals surface area contributed by atoms with Crippen LogP contribution in [-0.2, 0) is 25.0 Å². The molecule has 4 rings (SSSR count). The number of quaternary nitrogens is 3. The van der Waals surface area contributed by atoms with Crippen LogP contribution in [-0.4, -0.2) is 160 Å². The third-order valence-electron chi connectivity index (χ3n) is 8.35. The van der Waals surface area contributed by atoms with Gasteiger partial charge in [0.1, 0.15) is 19.9 Å². The minimum atomic E-state index is 0. The van der Waals surface area contributed by atoms with Gasteiger partial charge in [-0.05, 0) is 33.6 Å². The van der Waals surface area contributed by atoms with Crippen molar-refractivity contribution >= 4 is 17.6 Å². The van der Waals surface area contributed by atoms with Gasteiger partial charge >= 0.3 is 5.84 Å². The number of thioether (sulfide) groups is 1. The number of likely N-dealkylation sites (N-methyl/N-ethyl adjacent to an activating group) is 2. The van der Waals surface area contributed by atoms with Crippen LogP contribution in [0.1, 0.15) is 67.7 Å². The molecule has 0 radical (unpaired) electrons. The molecule has 0 aromatic carbocycles. The fraction of sp³-hybridized carbons (Fsp3) is 0.658. The van der Waals surface area contributed by atoms with Crippen molar-refractivity contribution in [2.24, 2.45) is 0 Å². The number of hydrogen-bond acceptors (Lipinski definition) is 5. The van der Waals surface area contributed by atoms with Crippen molar-refractivity contribution in [1.29, 1.82) is 0 Å². The molecule has 0 unspecified atom stereocenters. The van der Waals surface area contributed by atoms with Gasteiger partial charge in [0.15, 0.2) is 0 Å². The summed E-state index contributed by atoms with van der Waals surface area (Å²) in [6, 6.07) is 0. The summed E-state index contributed by atoms with van der Waals surface area (Å²) in [5.41, 5.74) is 7.20. The van der Waals surface area contributed by atoms with E-state index >= 15 is 0 Å². The molecule has 0 saturated heterocycles. The molecule has 12 nitrogen and oxygen atoms in total. The summed E-state index contributed by atoms with van der Waals surface area (Å²) in [7, 11) is 22.1. The smallest absolute Gasteiger partial charge is 0.337 e. The zero-order valence-electron chi connectivity index (χ0n) is 32.9. The van der Waals surface area contributed by atoms with Crippen LogP contribution < -0.4 is 0 Å². The molecular weight excluding hydrogens is 657 g/mol. The van der Waals surface area contributed by atoms with Gasteiger partial charge in [-0.1, -0.05) is 14.9 Å². The van der Waals surface area contributed by atoms with Crippen LogP contribution in [0.4, 0.5) is 0 Å². The predicted octanol–water partition coefficient (Wildman–Crippen LogP) is 5.65. The highest BCUT2D eigenvalue weighted by Crippen LogP contribution is 2.15. The Kier molecular flexibility index (Phi) is 21.2. The summed E-state index contributed by atoms with van der Waals surface area (Å²) in [5.74, 6) is 4.58. The molecule has 0 atom stereocenters. The maximum Gasteiger partial charge on any atom is 0.337 e. The number of aromatic amines is 4. The molecule has 13 heteroatoms. The highest BCUT2D eigenvalue weighted by molar-refractivity contribution is 7.98. The summed E-state index contributed by atoms with van der Waals surface area (Å²) >= 11 is 1.96. The summed E-state index contributed by atoms with van der Waals surface area (Å²) < 4.78 is 5.21. The molecular formula is C38H76N12S+4. The van der Waals surface area contributed by atoms with E-state index in [2.05, 4.69) is 129 Å². The lowest BCUT2D eigenvalue weighted by molar-refractivity contribution is -0.870. The molecule has 4 N–H and O–H groups in total. The fourth-order valence-electron chi connectivity index (χ4n) is 5.18. The summed E-state index contributed by atoms with van der Waals surface area (Å²) in [5, 5.41) is 0. The van der Waals surface area contributed by atoms with Gasteiger partial charge in [-0.3, -0.25) is 0 Å². The Bertz CT molecular complexity index is 1490. The molecule has 4 aromatic rings. The summed E-state index contributed by atoms with van der Waals surface area (Å²) in [6.45, 7) is 9.52. The molecule has 290 valence electrons. The standard InChI is InChI=1S/C18H32N6S.2C9H18N3.2CH4/c1-15-17(22-14-20-15)12-25-10-9-24(4,5)18(23(2)3)8-6-7-16-11-19-13-21-16;1-8-9(11-7-10-8)5-6-12(2,3)4;1-8-10-7-9(11-8)5-6-12(2,3)4;;/h11,13-14H,6-10,12H2,1-5H3,(H,19,21)(H,20,22);2*7H,5-6H2,1-4H3,(H,10,11);2*1H4/q+2;2*+1;;. The Morgan fingerprint density at radius 1 is 0.686 bits per heavy atom. The molecule has 0 saturated carbocycles. The van der Waals surface area contributed by atoms with Gasteiger partial charge in [0, 0.05) is 59.5 Å². The van der Waals surface area contributed by atoms with E-state index in [1.165, 1.54) is 40.0 Å². The lowest BCUT2D eigenvalue weighted by Crippen LogP contribution is -2.50. The molecule has 51 heavy (non-hydrogen) atoms. The van der Waals surface area contributed by atoms with Crippen LogP contribution in [0.25, 0.3) is 0 Å². The van der Waals surface area contributed by atoms with Crippen LogP contribution in [0.3, 0.4) is 0 Å². The van der Waals surface area contributed by atoms with Gasteiger partial charge in [0.05, 0.1) is 113 Å². The van der Waals surface area contributed by atoms with Gasteiger partial charge in [-0.25, -0.2) is 24.4 Å². The van der Waals surface area contributed by atoms with Gasteiger partial charge in [-0.15, -0.1) is 11.8 Å². The van der Waals surface area contributed by atoms with Crippen LogP contribution in [0, 0.1) is 20.8 Å². The third kappa shape index (κ3) is 19.8. The molecule has 0 aliphatic carbocycles. The molecule has 0 aliphatic heterocycles. The Morgan fingerprint density at radius 3 is 1.75 bits per heavy atom. The highest BCUT2D eigenvalue weighted by atomic mass is 32.2. The highest BCUT2D eigenvalue weighted by Gasteiger charge is 2.30. The first kappa shape index (κ1) is 47.7. The van der Waals surface area contributed by atoms with Crippen LogP contribution in [0.15, 0.2) is 31.4 Å². The first-order valence-electron chi connectivity index (χ1n) is 17.4. The number of aromatic nitrogens is 8. The van der Waals surface area contributed by atoms with Crippen molar-refractivity contribution < 1.29 is 18.0 Å². The second kappa shape index (κ2) is 22.6. The lowest BCUT2D eigenvalue weighted by atomic mass is 10.1. The molecule has 0 aliphatic rings. The molecule has 4 heterocycles. The second-order valence-electron chi connectivity index (χ2n) is 15.7. The minimum Gasteiger partial charge on any atom is -0.348 e. The van der Waals surface area contributed by atoms with Crippen LogP contribution in [0.5, 0.6) is 0 Å². The average Bonchev–Trinajstić information content (AvgIpc) is 3.81. The van der Waals surface area contributed by atoms with Crippen LogP contribution >= 0.6 is 11.8 Å². The normalized spacial score (nSPS) is 11.4. The van der Waals surface area contributed by atoms with E-state index in [1.807, 2.05) is 31.1 Å². The number of amidine groups is 1. The monoisotopic (exact) mass is 733 g/mol. The number of hydrogen-bond donors (Lipinski definition) is 4. The Labute approximate surface area is 315 Å². The van der Waals surface area contributed by atoms with Crippen molar-refractivity contribution in [3.05, 3.63) is 71.4 Å². The number of aryl methyl sites for hydroxylation is 4. The van der Waals surface area contributed by atoms with Crippen molar-refractivity contribution in [2.75, 3.05) is 95.9 Å². The number of nitrogens with zero attached hydrogens (tertiary/aromatic N) is 8. The predicted molar refractivity (Wildman–Crippen MR) is 218 cm³/mol. The van der Waals surface area contributed by atoms with Gasteiger partial charge in [0.2, 0.25) is 0 Å². The quantitative estimate of drug-likeness (QED) is 0.0415. The molecule has 0 fully saturated rings. The zero-order valence-corrected chi connectivity index (χ0v) is 33.8. The molecule has 0 amide bonds. The van der Waals surface area contributed by atoms with E-state index in [9.17, 15) is 0 Å². The van der Waals surface area contributed by atoms with Crippen molar-refractivity contribution in [2.45, 2.75) is 73.5 Å². The lowest BCUT2D eigenvalue weighted by Gasteiger charge is -2.27. The second-order valence-corrected chi connectivity index (χ2v) is 16.8. The SMILES string of the molecule is C.C.Cc1[nH]cnc1CC[N+](C)(C)C.Cc1[nH]cnc1CSCC[N+](C)(C)C(CCCc1cnc[nH]1)=[N+](C)C.Cc1ncc(CC[N+](C)(C)C)[nH]1. The summed E-state index contributed by atoms with van der Waals surface area (Å²) in [6.07, 6.45) is 14.5. The molecule has 4 aromatic heterocycles. The number of H-pyrrole nitrogens is 4. The number of imidazole rings is 4. The van der Waals surface area contributed by atoms with Crippen molar-refractivity contribution in [3.63, 3.8) is 0 Å². The van der Waals surface area contributed by atoms with E-state index in [1.54, 1.807) is 19.0 Å². The van der Waals surface area contributed by atoms with Gasteiger partial charge in [0.25, 0.3) is 0 Å². The van der Waals surface area contributed by atoms with Crippen molar-refractivity contribution in [1.82, 2.24) is 39.9 Å². The van der Waals surface area contributed by atoms with Crippen molar-refractivity contribution in [3.8, 4) is 0 Å². The first-order chi connectivity index (χ1) is 22.9. The van der Waals surface area contributed by atoms with E-state index in [4.69, 9.17) is 0 Å². The zero-order chi connectivity index (χ0) is 36.7. The maximum atomic E-state index is 4.37. The van der Waals surface area contributed by atoms with E-state index in [0.717, 1.165) is 82.5 Å². The van der Waals surface area contributed by atoms with Gasteiger partial charge in [-0.2, -0.15) is 4.58 Å². The first-order valence-corrected chi connectivity index (χ1v) is 18.5. The molecule has 0 bridgehead atoms. The number of rotatable bonds is 15. The Hall–Kier alpha value is -3.26. The Balaban J connectivity index is 0.000000808. The fourth-order valence-corrected chi connectivity index (χ4v) is 6.40. The van der Waals surface area contributed by atoms with E-state index < -0.39 is 0 Å². The summed E-state index contributed by atoms with van der Waals surface area (Å²) in [4.78, 5) is 29.5. The van der Waals surface area contributed by atoms with E-state index in [-0.39, 0.29) is 14.9 Å². The van der Waals surface area contributed by atoms with E-state index in [0.29, 0.717) is 0 Å². The maximum absolute atomic E-state index is 4.37. The van der Waals surface area contributed by atoms with Crippen LogP contribution in [0.2, 0.25) is 0 Å². The Morgan fingerprint density at radius 2 is 1.27 bits per heavy atom. The minimum absolute atomic E-state index is 0. The topological polar surface area (TPSA) is 118 Å². The third-order valence-corrected chi connectivity index (χ3v) is 9.29. The largest absolute Gasteiger partial charge is 0.348 e.